The first kappa shape index (κ1) is 18.4. The molecule has 5 nitrogen and oxygen atoms in total. The molecule has 4 rings (SSSR count). The van der Waals surface area contributed by atoms with Crippen molar-refractivity contribution < 1.29 is 4.79 Å². The summed E-state index contributed by atoms with van der Waals surface area (Å²) < 4.78 is 1.70. The second-order valence-corrected chi connectivity index (χ2v) is 7.72. The number of anilines is 1. The number of aromatic nitrogens is 2. The standard InChI is InChI=1S/C23H25N3O2/c1-5-25-21(24-19-9-7-6-8-16(19)22(25)27)13-18-17-12-15(4)10-11-20(17)26(14(2)3)23(18)28/h6-12,14,18H,5,13H2,1-4H3. The highest BCUT2D eigenvalue weighted by Gasteiger charge is 2.39. The van der Waals surface area contributed by atoms with E-state index >= 15 is 0 Å². The summed E-state index contributed by atoms with van der Waals surface area (Å²) in [7, 11) is 0. The number of amides is 1. The molecule has 0 N–H and O–H groups in total. The number of hydrogen-bond acceptors (Lipinski definition) is 3. The van der Waals surface area contributed by atoms with Gasteiger partial charge >= 0.3 is 0 Å². The number of nitrogens with zero attached hydrogens (tertiary/aromatic N) is 3. The molecule has 1 unspecified atom stereocenters. The van der Waals surface area contributed by atoms with Gasteiger partial charge in [0, 0.05) is 24.7 Å². The maximum atomic E-state index is 13.3. The van der Waals surface area contributed by atoms with Crippen LogP contribution in [0.15, 0.2) is 47.3 Å². The number of para-hydroxylation sites is 1. The smallest absolute Gasteiger partial charge is 0.261 e. The molecule has 2 aromatic carbocycles. The summed E-state index contributed by atoms with van der Waals surface area (Å²) in [6.45, 7) is 8.56. The zero-order chi connectivity index (χ0) is 20.0. The lowest BCUT2D eigenvalue weighted by Crippen LogP contribution is -2.36. The third-order valence-electron chi connectivity index (χ3n) is 5.51. The molecule has 1 aliphatic heterocycles. The monoisotopic (exact) mass is 375 g/mol. The van der Waals surface area contributed by atoms with Gasteiger partial charge in [-0.05, 0) is 51.5 Å². The van der Waals surface area contributed by atoms with E-state index in [9.17, 15) is 9.59 Å². The number of benzene rings is 2. The van der Waals surface area contributed by atoms with Crippen LogP contribution in [-0.4, -0.2) is 21.5 Å². The zero-order valence-corrected chi connectivity index (χ0v) is 16.8. The van der Waals surface area contributed by atoms with Crippen molar-refractivity contribution in [2.45, 2.75) is 52.6 Å². The van der Waals surface area contributed by atoms with Gasteiger partial charge < -0.3 is 4.90 Å². The Hall–Kier alpha value is -2.95. The molecule has 5 heteroatoms. The second-order valence-electron chi connectivity index (χ2n) is 7.72. The van der Waals surface area contributed by atoms with Crippen molar-refractivity contribution in [2.75, 3.05) is 4.90 Å². The van der Waals surface area contributed by atoms with Crippen molar-refractivity contribution in [2.24, 2.45) is 0 Å². The minimum absolute atomic E-state index is 0.0428. The lowest BCUT2D eigenvalue weighted by atomic mass is 9.95. The Bertz CT molecular complexity index is 1130. The Labute approximate surface area is 164 Å². The summed E-state index contributed by atoms with van der Waals surface area (Å²) in [4.78, 5) is 32.8. The fraction of sp³-hybridized carbons (Fsp3) is 0.348. The molecule has 1 amide bonds. The van der Waals surface area contributed by atoms with Crippen LogP contribution in [0.25, 0.3) is 10.9 Å². The van der Waals surface area contributed by atoms with E-state index in [2.05, 4.69) is 6.07 Å². The fourth-order valence-electron chi connectivity index (χ4n) is 4.20. The molecule has 1 atom stereocenters. The van der Waals surface area contributed by atoms with Gasteiger partial charge in [0.2, 0.25) is 5.91 Å². The number of carbonyl (C=O) groups excluding carboxylic acids is 1. The molecule has 144 valence electrons. The van der Waals surface area contributed by atoms with E-state index in [0.29, 0.717) is 29.7 Å². The van der Waals surface area contributed by atoms with Crippen molar-refractivity contribution in [3.05, 3.63) is 69.8 Å². The van der Waals surface area contributed by atoms with Crippen LogP contribution in [0.3, 0.4) is 0 Å². The minimum atomic E-state index is -0.317. The van der Waals surface area contributed by atoms with E-state index in [1.165, 1.54) is 0 Å². The van der Waals surface area contributed by atoms with Crippen molar-refractivity contribution in [1.29, 1.82) is 0 Å². The van der Waals surface area contributed by atoms with Gasteiger partial charge in [-0.3, -0.25) is 14.2 Å². The minimum Gasteiger partial charge on any atom is -0.309 e. The SMILES string of the molecule is CCn1c(CC2C(=O)N(C(C)C)c3ccc(C)cc32)nc2ccccc2c1=O. The highest BCUT2D eigenvalue weighted by Crippen LogP contribution is 2.40. The van der Waals surface area contributed by atoms with E-state index in [4.69, 9.17) is 4.98 Å². The molecule has 3 aromatic rings. The first-order chi connectivity index (χ1) is 13.4. The van der Waals surface area contributed by atoms with Gasteiger partial charge in [-0.1, -0.05) is 29.8 Å². The summed E-state index contributed by atoms with van der Waals surface area (Å²) in [5.74, 6) is 0.437. The van der Waals surface area contributed by atoms with Crippen molar-refractivity contribution >= 4 is 22.5 Å². The lowest BCUT2D eigenvalue weighted by Gasteiger charge is -2.22. The Morgan fingerprint density at radius 2 is 1.86 bits per heavy atom. The Balaban J connectivity index is 1.85. The first-order valence-corrected chi connectivity index (χ1v) is 9.84. The topological polar surface area (TPSA) is 55.2 Å². The van der Waals surface area contributed by atoms with Crippen molar-refractivity contribution in [1.82, 2.24) is 9.55 Å². The number of rotatable bonds is 4. The summed E-state index contributed by atoms with van der Waals surface area (Å²) in [5, 5.41) is 0.617. The predicted octanol–water partition coefficient (Wildman–Crippen LogP) is 3.81. The van der Waals surface area contributed by atoms with E-state index in [1.807, 2.05) is 62.9 Å². The Kier molecular flexibility index (Phi) is 4.53. The zero-order valence-electron chi connectivity index (χ0n) is 16.8. The molecule has 0 saturated heterocycles. The normalized spacial score (nSPS) is 16.2. The van der Waals surface area contributed by atoms with Crippen LogP contribution in [0.4, 0.5) is 5.69 Å². The van der Waals surface area contributed by atoms with Crippen molar-refractivity contribution in [3.63, 3.8) is 0 Å². The molecule has 0 radical (unpaired) electrons. The van der Waals surface area contributed by atoms with E-state index in [-0.39, 0.29) is 23.4 Å². The maximum Gasteiger partial charge on any atom is 0.261 e. The molecule has 0 saturated carbocycles. The summed E-state index contributed by atoms with van der Waals surface area (Å²) in [5.41, 5.74) is 3.77. The van der Waals surface area contributed by atoms with Gasteiger partial charge in [-0.15, -0.1) is 0 Å². The van der Waals surface area contributed by atoms with Gasteiger partial charge in [0.1, 0.15) is 5.82 Å². The average molecular weight is 375 g/mol. The fourth-order valence-corrected chi connectivity index (χ4v) is 4.20. The molecule has 0 spiro atoms. The number of carbonyl (C=O) groups is 1. The van der Waals surface area contributed by atoms with Crippen LogP contribution in [0.5, 0.6) is 0 Å². The van der Waals surface area contributed by atoms with Crippen molar-refractivity contribution in [3.8, 4) is 0 Å². The highest BCUT2D eigenvalue weighted by molar-refractivity contribution is 6.05. The van der Waals surface area contributed by atoms with Gasteiger partial charge in [-0.2, -0.15) is 0 Å². The van der Waals surface area contributed by atoms with Gasteiger partial charge in [0.25, 0.3) is 5.56 Å². The highest BCUT2D eigenvalue weighted by atomic mass is 16.2. The first-order valence-electron chi connectivity index (χ1n) is 9.84. The van der Waals surface area contributed by atoms with Crippen LogP contribution in [0, 0.1) is 6.92 Å². The van der Waals surface area contributed by atoms with Crippen LogP contribution < -0.4 is 10.5 Å². The summed E-state index contributed by atoms with van der Waals surface area (Å²) >= 11 is 0. The third-order valence-corrected chi connectivity index (χ3v) is 5.51. The lowest BCUT2D eigenvalue weighted by molar-refractivity contribution is -0.119. The molecule has 2 heterocycles. The third kappa shape index (κ3) is 2.82. The van der Waals surface area contributed by atoms with Gasteiger partial charge in [0.05, 0.1) is 16.8 Å². The maximum absolute atomic E-state index is 13.3. The van der Waals surface area contributed by atoms with Crippen LogP contribution in [-0.2, 0) is 17.8 Å². The van der Waals surface area contributed by atoms with Crippen LogP contribution in [0.2, 0.25) is 0 Å². The van der Waals surface area contributed by atoms with E-state index in [1.54, 1.807) is 10.6 Å². The number of hydrogen-bond donors (Lipinski definition) is 0. The predicted molar refractivity (Wildman–Crippen MR) is 112 cm³/mol. The number of aryl methyl sites for hydroxylation is 1. The summed E-state index contributed by atoms with van der Waals surface area (Å²) in [6, 6.07) is 13.6. The largest absolute Gasteiger partial charge is 0.309 e. The molecular formula is C23H25N3O2. The molecule has 0 bridgehead atoms. The summed E-state index contributed by atoms with van der Waals surface area (Å²) in [6.07, 6.45) is 0.423. The molecule has 0 fully saturated rings. The quantitative estimate of drug-likeness (QED) is 0.697. The average Bonchev–Trinajstić information content (AvgIpc) is 2.93. The van der Waals surface area contributed by atoms with E-state index in [0.717, 1.165) is 16.8 Å². The Morgan fingerprint density at radius 1 is 1.11 bits per heavy atom. The van der Waals surface area contributed by atoms with E-state index < -0.39 is 0 Å². The molecule has 28 heavy (non-hydrogen) atoms. The van der Waals surface area contributed by atoms with Crippen LogP contribution in [0.1, 0.15) is 43.6 Å². The van der Waals surface area contributed by atoms with Gasteiger partial charge in [0.15, 0.2) is 0 Å². The molecule has 1 aromatic heterocycles. The second kappa shape index (κ2) is 6.89. The Morgan fingerprint density at radius 3 is 2.57 bits per heavy atom. The molecule has 0 aliphatic carbocycles. The number of fused-ring (bicyclic) bond motifs is 2. The van der Waals surface area contributed by atoms with Crippen LogP contribution >= 0.6 is 0 Å². The molecular weight excluding hydrogens is 350 g/mol. The molecule has 1 aliphatic rings. The van der Waals surface area contributed by atoms with Gasteiger partial charge in [-0.25, -0.2) is 4.98 Å².